The fourth-order valence-corrected chi connectivity index (χ4v) is 1.78. The summed E-state index contributed by atoms with van der Waals surface area (Å²) in [7, 11) is 0. The molecule has 0 saturated heterocycles. The Balaban J connectivity index is 2.25. The van der Waals surface area contributed by atoms with E-state index in [9.17, 15) is 10.1 Å². The Morgan fingerprint density at radius 1 is 1.38 bits per heavy atom. The summed E-state index contributed by atoms with van der Waals surface area (Å²) in [5.74, 6) is 1.35. The minimum Gasteiger partial charge on any atom is -0.439 e. The highest BCUT2D eigenvalue weighted by Crippen LogP contribution is 2.27. The van der Waals surface area contributed by atoms with Crippen LogP contribution in [0.1, 0.15) is 12.5 Å². The molecular weight excluding hydrogens is 274 g/mol. The molecule has 1 aromatic heterocycles. The van der Waals surface area contributed by atoms with Gasteiger partial charge in [-0.15, -0.1) is 0 Å². The van der Waals surface area contributed by atoms with Crippen molar-refractivity contribution < 1.29 is 9.66 Å². The summed E-state index contributed by atoms with van der Waals surface area (Å²) in [6, 6.07) is 6.08. The van der Waals surface area contributed by atoms with Crippen molar-refractivity contribution in [3.63, 3.8) is 0 Å². The van der Waals surface area contributed by atoms with Crippen molar-refractivity contribution in [2.24, 2.45) is 0 Å². The van der Waals surface area contributed by atoms with Gasteiger partial charge in [-0.1, -0.05) is 0 Å². The molecule has 21 heavy (non-hydrogen) atoms. The number of anilines is 2. The largest absolute Gasteiger partial charge is 0.439 e. The number of nitro benzene ring substituents is 1. The monoisotopic (exact) mass is 289 g/mol. The number of nitrogens with one attached hydrogen (secondary N) is 1. The summed E-state index contributed by atoms with van der Waals surface area (Å²) in [6.07, 6.45) is 0. The molecule has 2 rings (SSSR count). The van der Waals surface area contributed by atoms with Crippen molar-refractivity contribution in [3.05, 3.63) is 39.9 Å². The quantitative estimate of drug-likeness (QED) is 0.641. The van der Waals surface area contributed by atoms with Crippen LogP contribution in [0.4, 0.5) is 17.5 Å². The van der Waals surface area contributed by atoms with E-state index in [1.165, 1.54) is 12.1 Å². The number of nitrogens with zero attached hydrogens (tertiary/aromatic N) is 3. The molecule has 0 bridgehead atoms. The Kier molecular flexibility index (Phi) is 4.17. The Bertz CT molecular complexity index is 675. The highest BCUT2D eigenvalue weighted by Gasteiger charge is 2.12. The van der Waals surface area contributed by atoms with Crippen LogP contribution in [0, 0.1) is 17.0 Å². The average molecular weight is 289 g/mol. The summed E-state index contributed by atoms with van der Waals surface area (Å²) in [4.78, 5) is 18.3. The SMILES string of the molecule is CCNc1cc(Oc2ccc([N+](=O)[O-])c(C)c2)nc(N)n1. The lowest BCUT2D eigenvalue weighted by Crippen LogP contribution is -2.04. The third-order valence-corrected chi connectivity index (χ3v) is 2.67. The zero-order valence-electron chi connectivity index (χ0n) is 11.7. The van der Waals surface area contributed by atoms with Crippen LogP contribution in [0.3, 0.4) is 0 Å². The first kappa shape index (κ1) is 14.5. The second-order valence-corrected chi connectivity index (χ2v) is 4.29. The molecule has 0 aliphatic heterocycles. The van der Waals surface area contributed by atoms with Gasteiger partial charge in [0, 0.05) is 24.2 Å². The maximum atomic E-state index is 10.8. The first-order valence-electron chi connectivity index (χ1n) is 6.31. The minimum atomic E-state index is -0.439. The van der Waals surface area contributed by atoms with Crippen LogP contribution in [0.25, 0.3) is 0 Å². The molecule has 0 saturated carbocycles. The van der Waals surface area contributed by atoms with Crippen LogP contribution in [-0.4, -0.2) is 21.4 Å². The first-order valence-corrected chi connectivity index (χ1v) is 6.31. The zero-order valence-corrected chi connectivity index (χ0v) is 11.7. The topological polar surface area (TPSA) is 116 Å². The smallest absolute Gasteiger partial charge is 0.272 e. The Hall–Kier alpha value is -2.90. The summed E-state index contributed by atoms with van der Waals surface area (Å²) in [6.45, 7) is 4.26. The fourth-order valence-electron chi connectivity index (χ4n) is 1.78. The molecule has 110 valence electrons. The van der Waals surface area contributed by atoms with Crippen LogP contribution < -0.4 is 15.8 Å². The Labute approximate surface area is 121 Å². The van der Waals surface area contributed by atoms with E-state index in [1.807, 2.05) is 6.92 Å². The Morgan fingerprint density at radius 3 is 2.76 bits per heavy atom. The lowest BCUT2D eigenvalue weighted by Gasteiger charge is -2.08. The number of nitrogen functional groups attached to an aromatic ring is 1. The first-order chi connectivity index (χ1) is 9.99. The van der Waals surface area contributed by atoms with Crippen molar-refractivity contribution >= 4 is 17.5 Å². The van der Waals surface area contributed by atoms with E-state index in [1.54, 1.807) is 19.1 Å². The number of nitro groups is 1. The average Bonchev–Trinajstić information content (AvgIpc) is 2.37. The Morgan fingerprint density at radius 2 is 2.14 bits per heavy atom. The van der Waals surface area contributed by atoms with Gasteiger partial charge >= 0.3 is 0 Å². The third kappa shape index (κ3) is 3.56. The molecule has 0 aliphatic carbocycles. The van der Waals surface area contributed by atoms with Crippen molar-refractivity contribution in [2.75, 3.05) is 17.6 Å². The maximum Gasteiger partial charge on any atom is 0.272 e. The predicted octanol–water partition coefficient (Wildman–Crippen LogP) is 2.50. The molecule has 0 atom stereocenters. The van der Waals surface area contributed by atoms with Gasteiger partial charge in [0.15, 0.2) is 0 Å². The van der Waals surface area contributed by atoms with Gasteiger partial charge in [0.1, 0.15) is 11.6 Å². The van der Waals surface area contributed by atoms with Gasteiger partial charge in [0.25, 0.3) is 5.69 Å². The van der Waals surface area contributed by atoms with E-state index < -0.39 is 4.92 Å². The summed E-state index contributed by atoms with van der Waals surface area (Å²) in [5.41, 5.74) is 6.15. The van der Waals surface area contributed by atoms with Crippen molar-refractivity contribution in [1.29, 1.82) is 0 Å². The van der Waals surface area contributed by atoms with Crippen molar-refractivity contribution in [3.8, 4) is 11.6 Å². The third-order valence-electron chi connectivity index (χ3n) is 2.67. The summed E-state index contributed by atoms with van der Waals surface area (Å²) in [5, 5.41) is 13.8. The van der Waals surface area contributed by atoms with Crippen molar-refractivity contribution in [1.82, 2.24) is 9.97 Å². The maximum absolute atomic E-state index is 10.8. The lowest BCUT2D eigenvalue weighted by atomic mass is 10.2. The van der Waals surface area contributed by atoms with Crippen molar-refractivity contribution in [2.45, 2.75) is 13.8 Å². The molecule has 3 N–H and O–H groups in total. The van der Waals surface area contributed by atoms with Gasteiger partial charge in [-0.2, -0.15) is 9.97 Å². The molecule has 1 heterocycles. The van der Waals surface area contributed by atoms with Crippen LogP contribution in [0.5, 0.6) is 11.6 Å². The van der Waals surface area contributed by atoms with E-state index >= 15 is 0 Å². The van der Waals surface area contributed by atoms with E-state index in [0.717, 1.165) is 0 Å². The van der Waals surface area contributed by atoms with E-state index in [-0.39, 0.29) is 17.5 Å². The molecular formula is C13H15N5O3. The molecule has 8 heteroatoms. The highest BCUT2D eigenvalue weighted by atomic mass is 16.6. The molecule has 0 amide bonds. The van der Waals surface area contributed by atoms with E-state index in [2.05, 4.69) is 15.3 Å². The molecule has 0 spiro atoms. The summed E-state index contributed by atoms with van der Waals surface area (Å²) < 4.78 is 5.57. The minimum absolute atomic E-state index is 0.0397. The number of benzene rings is 1. The van der Waals surface area contributed by atoms with E-state index in [4.69, 9.17) is 10.5 Å². The zero-order chi connectivity index (χ0) is 15.4. The number of rotatable bonds is 5. The molecule has 0 aliphatic rings. The number of nitrogens with two attached hydrogens (primary N) is 1. The van der Waals surface area contributed by atoms with E-state index in [0.29, 0.717) is 23.7 Å². The molecule has 1 aromatic carbocycles. The molecule has 8 nitrogen and oxygen atoms in total. The predicted molar refractivity (Wildman–Crippen MR) is 78.5 cm³/mol. The number of ether oxygens (including phenoxy) is 1. The molecule has 0 radical (unpaired) electrons. The van der Waals surface area contributed by atoms with Gasteiger partial charge in [-0.05, 0) is 26.0 Å². The van der Waals surface area contributed by atoms with Gasteiger partial charge in [0.2, 0.25) is 11.8 Å². The molecule has 0 unspecified atom stereocenters. The van der Waals surface area contributed by atoms with Crippen LogP contribution in [-0.2, 0) is 0 Å². The standard InChI is InChI=1S/C13H15N5O3/c1-3-15-11-7-12(17-13(14)16-11)21-9-4-5-10(18(19)20)8(2)6-9/h4-7H,3H2,1-2H3,(H3,14,15,16,17). The van der Waals surface area contributed by atoms with Gasteiger partial charge in [-0.3, -0.25) is 10.1 Å². The second kappa shape index (κ2) is 6.04. The van der Waals surface area contributed by atoms with Gasteiger partial charge in [0.05, 0.1) is 4.92 Å². The number of hydrogen-bond acceptors (Lipinski definition) is 7. The van der Waals surface area contributed by atoms with Crippen LogP contribution >= 0.6 is 0 Å². The highest BCUT2D eigenvalue weighted by molar-refractivity contribution is 5.47. The number of aromatic nitrogens is 2. The molecule has 2 aromatic rings. The van der Waals surface area contributed by atoms with Crippen LogP contribution in [0.15, 0.2) is 24.3 Å². The van der Waals surface area contributed by atoms with Crippen LogP contribution in [0.2, 0.25) is 0 Å². The second-order valence-electron chi connectivity index (χ2n) is 4.29. The van der Waals surface area contributed by atoms with Gasteiger partial charge in [-0.25, -0.2) is 0 Å². The number of hydrogen-bond donors (Lipinski definition) is 2. The number of aryl methyl sites for hydroxylation is 1. The summed E-state index contributed by atoms with van der Waals surface area (Å²) >= 11 is 0. The van der Waals surface area contributed by atoms with Gasteiger partial charge < -0.3 is 15.8 Å². The fraction of sp³-hybridized carbons (Fsp3) is 0.231. The molecule has 0 fully saturated rings. The lowest BCUT2D eigenvalue weighted by molar-refractivity contribution is -0.385. The normalized spacial score (nSPS) is 10.2.